The molecule has 0 heterocycles. The second kappa shape index (κ2) is 8.62. The Labute approximate surface area is 77.4 Å². The highest BCUT2D eigenvalue weighted by molar-refractivity contribution is 5.75. The number of amides is 1. The lowest BCUT2D eigenvalue weighted by molar-refractivity contribution is -0.121. The third kappa shape index (κ3) is 8.43. The summed E-state index contributed by atoms with van der Waals surface area (Å²) in [5.74, 6) is 0.0147. The molecular formula is C8H14N4O. The maximum absolute atomic E-state index is 11.0. The van der Waals surface area contributed by atoms with Crippen molar-refractivity contribution >= 4 is 5.91 Å². The molecule has 0 rings (SSSR count). The van der Waals surface area contributed by atoms with Gasteiger partial charge in [0.15, 0.2) is 0 Å². The van der Waals surface area contributed by atoms with Crippen molar-refractivity contribution < 1.29 is 4.79 Å². The Bertz CT molecular complexity index is 208. The first-order valence-electron chi connectivity index (χ1n) is 4.19. The number of rotatable bonds is 7. The van der Waals surface area contributed by atoms with Gasteiger partial charge in [0, 0.05) is 24.4 Å². The third-order valence-corrected chi connectivity index (χ3v) is 1.40. The highest BCUT2D eigenvalue weighted by Gasteiger charge is 1.96. The molecule has 0 unspecified atom stereocenters. The summed E-state index contributed by atoms with van der Waals surface area (Å²) in [5, 5.41) is 6.05. The van der Waals surface area contributed by atoms with E-state index >= 15 is 0 Å². The normalized spacial score (nSPS) is 8.62. The maximum atomic E-state index is 11.0. The van der Waals surface area contributed by atoms with E-state index in [4.69, 9.17) is 5.53 Å². The van der Waals surface area contributed by atoms with E-state index in [1.165, 1.54) is 0 Å². The number of allylic oxidation sites excluding steroid dienone is 1. The van der Waals surface area contributed by atoms with Crippen LogP contribution in [0.15, 0.2) is 17.8 Å². The smallest absolute Gasteiger partial charge is 0.220 e. The fourth-order valence-electron chi connectivity index (χ4n) is 0.744. The number of carbonyl (C=O) groups is 1. The van der Waals surface area contributed by atoms with Crippen LogP contribution in [0.25, 0.3) is 10.4 Å². The van der Waals surface area contributed by atoms with Crippen molar-refractivity contribution in [3.8, 4) is 0 Å². The van der Waals surface area contributed by atoms with Crippen LogP contribution in [0, 0.1) is 0 Å². The molecular weight excluding hydrogens is 168 g/mol. The van der Waals surface area contributed by atoms with Crippen LogP contribution in [0.1, 0.15) is 19.3 Å². The van der Waals surface area contributed by atoms with E-state index in [0.29, 0.717) is 32.4 Å². The molecule has 0 saturated carbocycles. The van der Waals surface area contributed by atoms with Crippen molar-refractivity contribution in [2.75, 3.05) is 13.1 Å². The lowest BCUT2D eigenvalue weighted by atomic mass is 10.3. The predicted molar refractivity (Wildman–Crippen MR) is 51.1 cm³/mol. The number of nitrogens with one attached hydrogen (secondary N) is 1. The van der Waals surface area contributed by atoms with Gasteiger partial charge < -0.3 is 5.32 Å². The fourth-order valence-corrected chi connectivity index (χ4v) is 0.744. The summed E-state index contributed by atoms with van der Waals surface area (Å²) in [4.78, 5) is 13.6. The molecule has 0 bridgehead atoms. The van der Waals surface area contributed by atoms with Gasteiger partial charge in [0.2, 0.25) is 5.91 Å². The molecule has 1 N–H and O–H groups in total. The fraction of sp³-hybridized carbons (Fsp3) is 0.625. The monoisotopic (exact) mass is 182 g/mol. The zero-order valence-electron chi connectivity index (χ0n) is 7.57. The highest BCUT2D eigenvalue weighted by Crippen LogP contribution is 1.88. The molecule has 0 aromatic rings. The van der Waals surface area contributed by atoms with E-state index in [2.05, 4.69) is 21.9 Å². The summed E-state index contributed by atoms with van der Waals surface area (Å²) in [6.07, 6.45) is 3.57. The Morgan fingerprint density at radius 1 is 1.69 bits per heavy atom. The van der Waals surface area contributed by atoms with Crippen LogP contribution in [0.2, 0.25) is 0 Å². The van der Waals surface area contributed by atoms with Crippen LogP contribution < -0.4 is 5.32 Å². The van der Waals surface area contributed by atoms with E-state index in [1.807, 2.05) is 0 Å². The average molecular weight is 182 g/mol. The topological polar surface area (TPSA) is 77.9 Å². The zero-order chi connectivity index (χ0) is 9.94. The van der Waals surface area contributed by atoms with Gasteiger partial charge in [-0.1, -0.05) is 11.2 Å². The van der Waals surface area contributed by atoms with Crippen molar-refractivity contribution in [2.45, 2.75) is 19.3 Å². The molecule has 13 heavy (non-hydrogen) atoms. The van der Waals surface area contributed by atoms with Crippen molar-refractivity contribution in [3.05, 3.63) is 23.1 Å². The predicted octanol–water partition coefficient (Wildman–Crippen LogP) is 1.77. The highest BCUT2D eigenvalue weighted by atomic mass is 16.1. The van der Waals surface area contributed by atoms with Gasteiger partial charge in [-0.3, -0.25) is 4.79 Å². The molecule has 0 aromatic carbocycles. The quantitative estimate of drug-likeness (QED) is 0.210. The average Bonchev–Trinajstić information content (AvgIpc) is 2.14. The maximum Gasteiger partial charge on any atom is 0.220 e. The molecule has 0 aliphatic carbocycles. The Balaban J connectivity index is 3.26. The van der Waals surface area contributed by atoms with Gasteiger partial charge in [0.05, 0.1) is 0 Å². The molecule has 1 amide bonds. The SMILES string of the molecule is C=CCCC(=O)NCCCN=[N+]=[N-]. The summed E-state index contributed by atoms with van der Waals surface area (Å²) in [6, 6.07) is 0. The summed E-state index contributed by atoms with van der Waals surface area (Å²) in [6.45, 7) is 4.51. The molecule has 0 saturated heterocycles. The van der Waals surface area contributed by atoms with Crippen LogP contribution in [-0.2, 0) is 4.79 Å². The molecule has 0 aliphatic heterocycles. The first-order chi connectivity index (χ1) is 6.31. The number of azide groups is 1. The Morgan fingerprint density at radius 2 is 2.46 bits per heavy atom. The van der Waals surface area contributed by atoms with Gasteiger partial charge in [0.1, 0.15) is 0 Å². The van der Waals surface area contributed by atoms with Crippen LogP contribution in [-0.4, -0.2) is 19.0 Å². The lowest BCUT2D eigenvalue weighted by Crippen LogP contribution is -2.24. The molecule has 5 heteroatoms. The molecule has 0 aromatic heterocycles. The van der Waals surface area contributed by atoms with E-state index in [9.17, 15) is 4.79 Å². The molecule has 0 radical (unpaired) electrons. The first kappa shape index (κ1) is 11.5. The van der Waals surface area contributed by atoms with Crippen molar-refractivity contribution in [1.29, 1.82) is 0 Å². The molecule has 5 nitrogen and oxygen atoms in total. The first-order valence-corrected chi connectivity index (χ1v) is 4.19. The molecule has 0 fully saturated rings. The number of carbonyl (C=O) groups excluding carboxylic acids is 1. The number of hydrogen-bond donors (Lipinski definition) is 1. The van der Waals surface area contributed by atoms with Crippen molar-refractivity contribution in [2.24, 2.45) is 5.11 Å². The minimum absolute atomic E-state index is 0.0147. The van der Waals surface area contributed by atoms with Crippen LogP contribution in [0.4, 0.5) is 0 Å². The lowest BCUT2D eigenvalue weighted by Gasteiger charge is -2.01. The molecule has 72 valence electrons. The van der Waals surface area contributed by atoms with Gasteiger partial charge in [-0.25, -0.2) is 0 Å². The van der Waals surface area contributed by atoms with Crippen molar-refractivity contribution in [1.82, 2.24) is 5.32 Å². The third-order valence-electron chi connectivity index (χ3n) is 1.40. The molecule has 0 spiro atoms. The standard InChI is InChI=1S/C8H14N4O/c1-2-3-5-8(13)10-6-4-7-11-12-9/h2H,1,3-7H2,(H,10,13). The Morgan fingerprint density at radius 3 is 3.08 bits per heavy atom. The summed E-state index contributed by atoms with van der Waals surface area (Å²) in [7, 11) is 0. The van der Waals surface area contributed by atoms with Crippen LogP contribution in [0.5, 0.6) is 0 Å². The summed E-state index contributed by atoms with van der Waals surface area (Å²) in [5.41, 5.74) is 7.95. The van der Waals surface area contributed by atoms with E-state index in [-0.39, 0.29) is 5.91 Å². The summed E-state index contributed by atoms with van der Waals surface area (Å²) < 4.78 is 0. The zero-order valence-corrected chi connectivity index (χ0v) is 7.57. The second-order valence-electron chi connectivity index (χ2n) is 2.49. The van der Waals surface area contributed by atoms with Gasteiger partial charge in [-0.2, -0.15) is 0 Å². The molecule has 0 atom stereocenters. The Hall–Kier alpha value is -1.48. The second-order valence-corrected chi connectivity index (χ2v) is 2.49. The summed E-state index contributed by atoms with van der Waals surface area (Å²) >= 11 is 0. The minimum atomic E-state index is 0.0147. The van der Waals surface area contributed by atoms with Gasteiger partial charge in [0.25, 0.3) is 0 Å². The van der Waals surface area contributed by atoms with Crippen molar-refractivity contribution in [3.63, 3.8) is 0 Å². The van der Waals surface area contributed by atoms with E-state index < -0.39 is 0 Å². The Kier molecular flexibility index (Phi) is 7.63. The van der Waals surface area contributed by atoms with Crippen LogP contribution in [0.3, 0.4) is 0 Å². The van der Waals surface area contributed by atoms with E-state index in [0.717, 1.165) is 0 Å². The molecule has 0 aliphatic rings. The van der Waals surface area contributed by atoms with Gasteiger partial charge in [-0.15, -0.1) is 6.58 Å². The number of hydrogen-bond acceptors (Lipinski definition) is 2. The van der Waals surface area contributed by atoms with Gasteiger partial charge in [-0.05, 0) is 18.4 Å². The van der Waals surface area contributed by atoms with Crippen LogP contribution >= 0.6 is 0 Å². The largest absolute Gasteiger partial charge is 0.356 e. The number of nitrogens with zero attached hydrogens (tertiary/aromatic N) is 3. The van der Waals surface area contributed by atoms with Gasteiger partial charge >= 0.3 is 0 Å². The van der Waals surface area contributed by atoms with E-state index in [1.54, 1.807) is 6.08 Å². The minimum Gasteiger partial charge on any atom is -0.356 e.